The summed E-state index contributed by atoms with van der Waals surface area (Å²) in [5.74, 6) is 0.273. The number of aromatic nitrogens is 2. The van der Waals surface area contributed by atoms with E-state index in [0.717, 1.165) is 16.7 Å². The SMILES string of the molecule is O=C(Cn1ncc2ccccc2c1=O)N1N=C(c2ccc(Cl)cc2)C[C@@H]1c1ccco1. The summed E-state index contributed by atoms with van der Waals surface area (Å²) in [6, 6.07) is 17.6. The lowest BCUT2D eigenvalue weighted by molar-refractivity contribution is -0.134. The van der Waals surface area contributed by atoms with Crippen molar-refractivity contribution in [1.29, 1.82) is 0 Å². The molecule has 1 aliphatic heterocycles. The first-order valence-corrected chi connectivity index (χ1v) is 10.1. The fourth-order valence-electron chi connectivity index (χ4n) is 3.70. The maximum absolute atomic E-state index is 13.2. The van der Waals surface area contributed by atoms with Crippen LogP contribution in [0.15, 0.2) is 87.4 Å². The Kier molecular flexibility index (Phi) is 4.88. The van der Waals surface area contributed by atoms with Crippen molar-refractivity contribution in [2.45, 2.75) is 19.0 Å². The van der Waals surface area contributed by atoms with Crippen LogP contribution in [0, 0.1) is 0 Å². The molecule has 4 aromatic rings. The van der Waals surface area contributed by atoms with E-state index in [1.807, 2.05) is 30.3 Å². The molecule has 3 heterocycles. The summed E-state index contributed by atoms with van der Waals surface area (Å²) in [5.41, 5.74) is 1.30. The second-order valence-electron chi connectivity index (χ2n) is 7.22. The molecule has 0 radical (unpaired) electrons. The second kappa shape index (κ2) is 7.85. The fraction of sp³-hybridized carbons (Fsp3) is 0.130. The van der Waals surface area contributed by atoms with E-state index in [9.17, 15) is 9.59 Å². The molecule has 31 heavy (non-hydrogen) atoms. The Morgan fingerprint density at radius 1 is 1.10 bits per heavy atom. The highest BCUT2D eigenvalue weighted by Crippen LogP contribution is 2.33. The Morgan fingerprint density at radius 3 is 2.68 bits per heavy atom. The number of fused-ring (bicyclic) bond motifs is 1. The maximum atomic E-state index is 13.2. The van der Waals surface area contributed by atoms with Gasteiger partial charge in [0.1, 0.15) is 18.3 Å². The van der Waals surface area contributed by atoms with Crippen LogP contribution in [0.3, 0.4) is 0 Å². The molecule has 2 aromatic carbocycles. The molecule has 0 N–H and O–H groups in total. The van der Waals surface area contributed by atoms with Gasteiger partial charge >= 0.3 is 0 Å². The maximum Gasteiger partial charge on any atom is 0.275 e. The average molecular weight is 433 g/mol. The van der Waals surface area contributed by atoms with Gasteiger partial charge in [-0.25, -0.2) is 9.69 Å². The molecule has 1 aliphatic rings. The number of carbonyl (C=O) groups excluding carboxylic acids is 1. The third-order valence-corrected chi connectivity index (χ3v) is 5.51. The second-order valence-corrected chi connectivity index (χ2v) is 7.66. The number of hydrogen-bond acceptors (Lipinski definition) is 5. The van der Waals surface area contributed by atoms with Crippen LogP contribution < -0.4 is 5.56 Å². The molecule has 5 rings (SSSR count). The highest BCUT2D eigenvalue weighted by atomic mass is 35.5. The summed E-state index contributed by atoms with van der Waals surface area (Å²) in [6.07, 6.45) is 3.63. The van der Waals surface area contributed by atoms with E-state index >= 15 is 0 Å². The zero-order chi connectivity index (χ0) is 21.4. The van der Waals surface area contributed by atoms with Crippen LogP contribution in [0.5, 0.6) is 0 Å². The van der Waals surface area contributed by atoms with Crippen LogP contribution in [0.4, 0.5) is 0 Å². The lowest BCUT2D eigenvalue weighted by atomic mass is 10.0. The minimum absolute atomic E-state index is 0.224. The van der Waals surface area contributed by atoms with E-state index in [0.29, 0.717) is 22.6 Å². The van der Waals surface area contributed by atoms with E-state index in [-0.39, 0.29) is 18.0 Å². The van der Waals surface area contributed by atoms with Gasteiger partial charge in [-0.15, -0.1) is 0 Å². The largest absolute Gasteiger partial charge is 0.467 e. The van der Waals surface area contributed by atoms with E-state index in [4.69, 9.17) is 16.0 Å². The molecule has 1 amide bonds. The van der Waals surface area contributed by atoms with Gasteiger partial charge in [-0.2, -0.15) is 10.2 Å². The molecule has 0 fully saturated rings. The van der Waals surface area contributed by atoms with Crippen molar-refractivity contribution in [3.8, 4) is 0 Å². The first-order chi connectivity index (χ1) is 15.1. The predicted molar refractivity (Wildman–Crippen MR) is 117 cm³/mol. The van der Waals surface area contributed by atoms with Crippen LogP contribution in [0.25, 0.3) is 10.8 Å². The van der Waals surface area contributed by atoms with Gasteiger partial charge in [0.15, 0.2) is 0 Å². The van der Waals surface area contributed by atoms with Crippen molar-refractivity contribution in [1.82, 2.24) is 14.8 Å². The lowest BCUT2D eigenvalue weighted by Crippen LogP contribution is -2.34. The fourth-order valence-corrected chi connectivity index (χ4v) is 3.83. The molecule has 0 spiro atoms. The summed E-state index contributed by atoms with van der Waals surface area (Å²) in [6.45, 7) is -0.224. The van der Waals surface area contributed by atoms with Crippen molar-refractivity contribution in [2.75, 3.05) is 0 Å². The van der Waals surface area contributed by atoms with Gasteiger partial charge in [0.05, 0.1) is 23.6 Å². The third kappa shape index (κ3) is 3.64. The van der Waals surface area contributed by atoms with E-state index < -0.39 is 6.04 Å². The molecule has 7 nitrogen and oxygen atoms in total. The minimum atomic E-state index is -0.399. The van der Waals surface area contributed by atoms with Gasteiger partial charge < -0.3 is 4.42 Å². The average Bonchev–Trinajstić information content (AvgIpc) is 3.46. The predicted octanol–water partition coefficient (Wildman–Crippen LogP) is 4.02. The van der Waals surface area contributed by atoms with Crippen molar-refractivity contribution in [3.63, 3.8) is 0 Å². The smallest absolute Gasteiger partial charge is 0.275 e. The molecule has 154 valence electrons. The highest BCUT2D eigenvalue weighted by molar-refractivity contribution is 6.30. The molecule has 2 aromatic heterocycles. The standard InChI is InChI=1S/C23H17ClN4O3/c24-17-9-7-15(8-10-17)19-12-20(21-6-3-11-31-21)28(26-19)22(29)14-27-23(30)18-5-2-1-4-16(18)13-25-27/h1-11,13,20H,12,14H2/t20-/m1/s1. The number of hydrazone groups is 1. The number of amides is 1. The molecule has 1 atom stereocenters. The molecule has 8 heteroatoms. The van der Waals surface area contributed by atoms with Gasteiger partial charge in [-0.3, -0.25) is 9.59 Å². The van der Waals surface area contributed by atoms with Crippen LogP contribution in [-0.4, -0.2) is 26.4 Å². The number of furan rings is 1. The number of nitrogens with zero attached hydrogens (tertiary/aromatic N) is 4. The quantitative estimate of drug-likeness (QED) is 0.487. The van der Waals surface area contributed by atoms with E-state index in [2.05, 4.69) is 10.2 Å². The minimum Gasteiger partial charge on any atom is -0.467 e. The van der Waals surface area contributed by atoms with E-state index in [1.54, 1.807) is 42.8 Å². The van der Waals surface area contributed by atoms with Gasteiger partial charge in [-0.05, 0) is 35.9 Å². The molecular weight excluding hydrogens is 416 g/mol. The Bertz CT molecular complexity index is 1340. The normalized spacial score (nSPS) is 16.0. The molecule has 0 bridgehead atoms. The Hall–Kier alpha value is -3.71. The monoisotopic (exact) mass is 432 g/mol. The lowest BCUT2D eigenvalue weighted by Gasteiger charge is -2.20. The third-order valence-electron chi connectivity index (χ3n) is 5.26. The molecule has 0 unspecified atom stereocenters. The van der Waals surface area contributed by atoms with Crippen LogP contribution >= 0.6 is 11.6 Å². The van der Waals surface area contributed by atoms with Crippen LogP contribution in [-0.2, 0) is 11.3 Å². The van der Waals surface area contributed by atoms with E-state index in [1.165, 1.54) is 9.69 Å². The molecular formula is C23H17ClN4O3. The van der Waals surface area contributed by atoms with Crippen LogP contribution in [0.2, 0.25) is 5.02 Å². The van der Waals surface area contributed by atoms with Crippen LogP contribution in [0.1, 0.15) is 23.8 Å². The topological polar surface area (TPSA) is 80.7 Å². The first-order valence-electron chi connectivity index (χ1n) is 9.74. The molecule has 0 aliphatic carbocycles. The Morgan fingerprint density at radius 2 is 1.90 bits per heavy atom. The zero-order valence-corrected chi connectivity index (χ0v) is 17.1. The highest BCUT2D eigenvalue weighted by Gasteiger charge is 2.35. The Balaban J connectivity index is 1.48. The zero-order valence-electron chi connectivity index (χ0n) is 16.3. The first kappa shape index (κ1) is 19.3. The van der Waals surface area contributed by atoms with Crippen molar-refractivity contribution >= 4 is 34.0 Å². The van der Waals surface area contributed by atoms with Crippen molar-refractivity contribution in [2.24, 2.45) is 5.10 Å². The number of hydrogen-bond donors (Lipinski definition) is 0. The summed E-state index contributed by atoms with van der Waals surface area (Å²) >= 11 is 6.00. The number of halogens is 1. The summed E-state index contributed by atoms with van der Waals surface area (Å²) in [4.78, 5) is 26.0. The molecule has 0 saturated heterocycles. The van der Waals surface area contributed by atoms with Gasteiger partial charge in [0.25, 0.3) is 11.5 Å². The summed E-state index contributed by atoms with van der Waals surface area (Å²) in [5, 5.41) is 12.0. The number of carbonyl (C=O) groups is 1. The Labute approximate surface area is 182 Å². The number of benzene rings is 2. The molecule has 0 saturated carbocycles. The van der Waals surface area contributed by atoms with Gasteiger partial charge in [0.2, 0.25) is 0 Å². The summed E-state index contributed by atoms with van der Waals surface area (Å²) in [7, 11) is 0. The van der Waals surface area contributed by atoms with Crippen molar-refractivity contribution in [3.05, 3.63) is 99.8 Å². The van der Waals surface area contributed by atoms with Gasteiger partial charge in [-0.1, -0.05) is 41.9 Å². The van der Waals surface area contributed by atoms with Gasteiger partial charge in [0, 0.05) is 16.8 Å². The number of rotatable bonds is 4. The van der Waals surface area contributed by atoms with Crippen molar-refractivity contribution < 1.29 is 9.21 Å². The summed E-state index contributed by atoms with van der Waals surface area (Å²) < 4.78 is 6.73.